The van der Waals surface area contributed by atoms with Crippen LogP contribution in [0.1, 0.15) is 16.8 Å². The minimum Gasteiger partial charge on any atom is -0.497 e. The zero-order valence-corrected chi connectivity index (χ0v) is 16.5. The van der Waals surface area contributed by atoms with Crippen molar-refractivity contribution in [3.63, 3.8) is 0 Å². The Morgan fingerprint density at radius 3 is 2.43 bits per heavy atom. The number of quaternary nitrogens is 1. The molecular weight excluding hydrogens is 355 g/mol. The summed E-state index contributed by atoms with van der Waals surface area (Å²) in [6.45, 7) is 3.86. The number of hydrogen-bond donors (Lipinski definition) is 1. The maximum atomic E-state index is 14.0. The largest absolute Gasteiger partial charge is 0.497 e. The lowest BCUT2D eigenvalue weighted by molar-refractivity contribution is -0.928. The van der Waals surface area contributed by atoms with Gasteiger partial charge in [-0.15, -0.1) is 0 Å². The molecule has 0 spiro atoms. The van der Waals surface area contributed by atoms with Gasteiger partial charge in [-0.1, -0.05) is 18.2 Å². The van der Waals surface area contributed by atoms with Gasteiger partial charge in [0.1, 0.15) is 31.2 Å². The molecule has 0 fully saturated rings. The second-order valence-corrected chi connectivity index (χ2v) is 6.91. The molecule has 1 aromatic heterocycles. The van der Waals surface area contributed by atoms with Crippen molar-refractivity contribution in [1.82, 2.24) is 4.57 Å². The minimum absolute atomic E-state index is 0.163. The highest BCUT2D eigenvalue weighted by Gasteiger charge is 2.14. The van der Waals surface area contributed by atoms with Gasteiger partial charge >= 0.3 is 0 Å². The molecule has 0 aliphatic heterocycles. The number of nitrogens with one attached hydrogen (secondary N) is 1. The molecule has 0 aliphatic rings. The smallest absolute Gasteiger partial charge is 0.128 e. The molecular formula is C23H28FN2O2+. The van der Waals surface area contributed by atoms with Crippen LogP contribution in [0.2, 0.25) is 0 Å². The quantitative estimate of drug-likeness (QED) is 0.583. The number of ether oxygens (including phenoxy) is 2. The van der Waals surface area contributed by atoms with Crippen LogP contribution >= 0.6 is 0 Å². The number of nitrogens with zero attached hydrogens (tertiary/aromatic N) is 1. The van der Waals surface area contributed by atoms with Crippen LogP contribution in [-0.2, 0) is 24.4 Å². The van der Waals surface area contributed by atoms with Crippen molar-refractivity contribution in [2.24, 2.45) is 0 Å². The Morgan fingerprint density at radius 1 is 0.929 bits per heavy atom. The van der Waals surface area contributed by atoms with E-state index in [0.717, 1.165) is 25.4 Å². The fourth-order valence-electron chi connectivity index (χ4n) is 3.35. The highest BCUT2D eigenvalue weighted by atomic mass is 19.1. The first kappa shape index (κ1) is 20.1. The van der Waals surface area contributed by atoms with E-state index in [1.807, 2.05) is 36.5 Å². The average Bonchev–Trinajstić information content (AvgIpc) is 3.15. The van der Waals surface area contributed by atoms with Crippen molar-refractivity contribution >= 4 is 0 Å². The molecule has 0 amide bonds. The van der Waals surface area contributed by atoms with Gasteiger partial charge in [-0.3, -0.25) is 0 Å². The standard InChI is InChI=1S/C23H27FN2O2/c1-27-15-14-25(16-19-9-11-22(28-2)12-10-19)18-21-7-5-13-26(21)17-20-6-3-4-8-23(20)24/h3-13H,14-18H2,1-2H3/p+1. The lowest BCUT2D eigenvalue weighted by atomic mass is 10.2. The van der Waals surface area contributed by atoms with E-state index in [2.05, 4.69) is 22.8 Å². The van der Waals surface area contributed by atoms with Gasteiger partial charge in [-0.05, 0) is 42.5 Å². The maximum Gasteiger partial charge on any atom is 0.128 e. The molecule has 0 radical (unpaired) electrons. The summed E-state index contributed by atoms with van der Waals surface area (Å²) >= 11 is 0. The summed E-state index contributed by atoms with van der Waals surface area (Å²) in [5, 5.41) is 0. The second kappa shape index (κ2) is 10.1. The van der Waals surface area contributed by atoms with Crippen molar-refractivity contribution < 1.29 is 18.8 Å². The normalized spacial score (nSPS) is 12.1. The monoisotopic (exact) mass is 383 g/mol. The van der Waals surface area contributed by atoms with E-state index in [0.29, 0.717) is 18.7 Å². The molecule has 0 aliphatic carbocycles. The summed E-state index contributed by atoms with van der Waals surface area (Å²) < 4.78 is 26.7. The van der Waals surface area contributed by atoms with Crippen LogP contribution in [-0.4, -0.2) is 31.9 Å². The third-order valence-electron chi connectivity index (χ3n) is 4.93. The highest BCUT2D eigenvalue weighted by Crippen LogP contribution is 2.12. The van der Waals surface area contributed by atoms with Gasteiger partial charge < -0.3 is 18.9 Å². The van der Waals surface area contributed by atoms with Crippen molar-refractivity contribution in [3.05, 3.63) is 89.5 Å². The van der Waals surface area contributed by atoms with Crippen molar-refractivity contribution in [2.45, 2.75) is 19.6 Å². The van der Waals surface area contributed by atoms with E-state index < -0.39 is 0 Å². The van der Waals surface area contributed by atoms with Crippen LogP contribution in [0, 0.1) is 5.82 Å². The summed E-state index contributed by atoms with van der Waals surface area (Å²) in [5.41, 5.74) is 3.13. The van der Waals surface area contributed by atoms with E-state index >= 15 is 0 Å². The Labute approximate surface area is 166 Å². The zero-order chi connectivity index (χ0) is 19.8. The molecule has 2 aromatic carbocycles. The van der Waals surface area contributed by atoms with Gasteiger partial charge in [-0.2, -0.15) is 0 Å². The first-order valence-corrected chi connectivity index (χ1v) is 9.52. The van der Waals surface area contributed by atoms with Gasteiger partial charge in [0.05, 0.1) is 26.0 Å². The Bertz CT molecular complexity index is 861. The van der Waals surface area contributed by atoms with E-state index in [1.54, 1.807) is 20.3 Å². The molecule has 1 unspecified atom stereocenters. The molecule has 3 aromatic rings. The SMILES string of the molecule is COCC[NH+](Cc1ccc(OC)cc1)Cc1cccn1Cc1ccccc1F. The lowest BCUT2D eigenvalue weighted by Crippen LogP contribution is -3.10. The van der Waals surface area contributed by atoms with Crippen molar-refractivity contribution in [1.29, 1.82) is 0 Å². The van der Waals surface area contributed by atoms with E-state index in [-0.39, 0.29) is 5.82 Å². The third kappa shape index (κ3) is 5.44. The summed E-state index contributed by atoms with van der Waals surface area (Å²) in [5.74, 6) is 0.699. The summed E-state index contributed by atoms with van der Waals surface area (Å²) in [4.78, 5) is 1.39. The number of hydrogen-bond acceptors (Lipinski definition) is 2. The molecule has 0 bridgehead atoms. The minimum atomic E-state index is -0.163. The Kier molecular flexibility index (Phi) is 7.23. The molecule has 1 heterocycles. The fourth-order valence-corrected chi connectivity index (χ4v) is 3.35. The number of methoxy groups -OCH3 is 2. The molecule has 3 rings (SSSR count). The molecule has 5 heteroatoms. The lowest BCUT2D eigenvalue weighted by Gasteiger charge is -2.21. The average molecular weight is 383 g/mol. The van der Waals surface area contributed by atoms with Gasteiger partial charge in [0, 0.05) is 24.4 Å². The summed E-state index contributed by atoms with van der Waals surface area (Å²) in [6, 6.07) is 19.3. The van der Waals surface area contributed by atoms with Gasteiger partial charge in [0.25, 0.3) is 0 Å². The molecule has 4 nitrogen and oxygen atoms in total. The first-order chi connectivity index (χ1) is 13.7. The molecule has 148 valence electrons. The topological polar surface area (TPSA) is 27.8 Å². The van der Waals surface area contributed by atoms with Gasteiger partial charge in [0.15, 0.2) is 0 Å². The first-order valence-electron chi connectivity index (χ1n) is 9.52. The van der Waals surface area contributed by atoms with Gasteiger partial charge in [0.2, 0.25) is 0 Å². The fraction of sp³-hybridized carbons (Fsp3) is 0.304. The zero-order valence-electron chi connectivity index (χ0n) is 16.5. The molecule has 0 saturated carbocycles. The summed E-state index contributed by atoms with van der Waals surface area (Å²) in [7, 11) is 3.40. The van der Waals surface area contributed by atoms with Crippen molar-refractivity contribution in [3.8, 4) is 5.75 Å². The summed E-state index contributed by atoms with van der Waals surface area (Å²) in [6.07, 6.45) is 2.02. The Hall–Kier alpha value is -2.63. The van der Waals surface area contributed by atoms with E-state index in [1.165, 1.54) is 22.2 Å². The van der Waals surface area contributed by atoms with E-state index in [9.17, 15) is 4.39 Å². The Morgan fingerprint density at radius 2 is 1.71 bits per heavy atom. The van der Waals surface area contributed by atoms with Crippen LogP contribution in [0.3, 0.4) is 0 Å². The van der Waals surface area contributed by atoms with Crippen LogP contribution < -0.4 is 9.64 Å². The van der Waals surface area contributed by atoms with Crippen LogP contribution in [0.25, 0.3) is 0 Å². The Balaban J connectivity index is 1.72. The molecule has 0 saturated heterocycles. The van der Waals surface area contributed by atoms with E-state index in [4.69, 9.17) is 9.47 Å². The number of rotatable bonds is 10. The number of aromatic nitrogens is 1. The second-order valence-electron chi connectivity index (χ2n) is 6.91. The highest BCUT2D eigenvalue weighted by molar-refractivity contribution is 5.26. The van der Waals surface area contributed by atoms with Gasteiger partial charge in [-0.25, -0.2) is 4.39 Å². The molecule has 28 heavy (non-hydrogen) atoms. The number of benzene rings is 2. The number of halogens is 1. The third-order valence-corrected chi connectivity index (χ3v) is 4.93. The predicted octanol–water partition coefficient (Wildman–Crippen LogP) is 2.92. The maximum absolute atomic E-state index is 14.0. The molecule has 1 N–H and O–H groups in total. The van der Waals surface area contributed by atoms with Crippen LogP contribution in [0.5, 0.6) is 5.75 Å². The predicted molar refractivity (Wildman–Crippen MR) is 108 cm³/mol. The van der Waals surface area contributed by atoms with Crippen molar-refractivity contribution in [2.75, 3.05) is 27.4 Å². The van der Waals surface area contributed by atoms with Crippen LogP contribution in [0.15, 0.2) is 66.9 Å². The molecule has 1 atom stereocenters. The van der Waals surface area contributed by atoms with Crippen LogP contribution in [0.4, 0.5) is 4.39 Å².